The quantitative estimate of drug-likeness (QED) is 0.420. The van der Waals surface area contributed by atoms with Gasteiger partial charge >= 0.3 is 10.4 Å². The lowest BCUT2D eigenvalue weighted by atomic mass is 10.2. The molecule has 21 heavy (non-hydrogen) atoms. The minimum Gasteiger partial charge on any atom is -0.264 e. The fourth-order valence-corrected chi connectivity index (χ4v) is 1.94. The first-order valence-electron chi connectivity index (χ1n) is 6.09. The monoisotopic (exact) mass is 307 g/mol. The molecule has 0 atom stereocenters. The maximum atomic E-state index is 9.33. The van der Waals surface area contributed by atoms with E-state index in [1.165, 1.54) is 0 Å². The molecule has 1 heterocycles. The number of fused-ring (bicyclic) bond motifs is 2. The van der Waals surface area contributed by atoms with Crippen LogP contribution < -0.4 is 4.57 Å². The Morgan fingerprint density at radius 1 is 1.00 bits per heavy atom. The van der Waals surface area contributed by atoms with Crippen molar-refractivity contribution in [3.8, 4) is 0 Å². The molecule has 0 amide bonds. The van der Waals surface area contributed by atoms with Crippen LogP contribution in [0.15, 0.2) is 48.5 Å². The summed E-state index contributed by atoms with van der Waals surface area (Å²) in [6, 6.07) is 16.4. The van der Waals surface area contributed by atoms with Crippen LogP contribution in [0.3, 0.4) is 0 Å². The Morgan fingerprint density at radius 2 is 1.38 bits per heavy atom. The first-order chi connectivity index (χ1) is 9.92. The van der Waals surface area contributed by atoms with Crippen molar-refractivity contribution in [1.29, 1.82) is 0 Å². The number of hydrogen-bond donors (Lipinski definition) is 1. The molecule has 0 saturated carbocycles. The molecule has 0 unspecified atom stereocenters. The van der Waals surface area contributed by atoms with Gasteiger partial charge in [0.05, 0.1) is 7.11 Å². The van der Waals surface area contributed by atoms with E-state index in [4.69, 9.17) is 4.55 Å². The maximum absolute atomic E-state index is 9.33. The molecule has 0 spiro atoms. The number of benzene rings is 2. The Morgan fingerprint density at radius 3 is 1.76 bits per heavy atom. The van der Waals surface area contributed by atoms with Crippen LogP contribution in [0.5, 0.6) is 0 Å². The van der Waals surface area contributed by atoms with Crippen molar-refractivity contribution in [2.45, 2.75) is 0 Å². The molecule has 3 rings (SSSR count). The van der Waals surface area contributed by atoms with E-state index in [2.05, 4.69) is 32.9 Å². The third kappa shape index (κ3) is 3.72. The molecular weight excluding hydrogens is 292 g/mol. The zero-order chi connectivity index (χ0) is 15.5. The van der Waals surface area contributed by atoms with Gasteiger partial charge in [-0.15, -0.1) is 0 Å². The largest absolute Gasteiger partial charge is 0.397 e. The molecule has 0 bridgehead atoms. The minimum absolute atomic E-state index is 0.870. The molecule has 7 heteroatoms. The van der Waals surface area contributed by atoms with Crippen molar-refractivity contribution in [2.75, 3.05) is 7.11 Å². The molecule has 0 saturated heterocycles. The average Bonchev–Trinajstić information content (AvgIpc) is 2.48. The number of para-hydroxylation sites is 4. The minimum atomic E-state index is -4.16. The van der Waals surface area contributed by atoms with Crippen LogP contribution in [0, 0.1) is 0 Å². The summed E-state index contributed by atoms with van der Waals surface area (Å²) in [7, 11) is -1.22. The smallest absolute Gasteiger partial charge is 0.264 e. The van der Waals surface area contributed by atoms with Crippen molar-refractivity contribution in [2.24, 2.45) is 7.05 Å². The first-order valence-corrected chi connectivity index (χ1v) is 7.45. The van der Waals surface area contributed by atoms with Crippen molar-refractivity contribution in [1.82, 2.24) is 4.98 Å². The SMILES string of the molecule is COS(=O)(=O)O.C[n+]1c2ccccc2nc2ccccc21. The lowest BCUT2D eigenvalue weighted by Gasteiger charge is -1.99. The highest BCUT2D eigenvalue weighted by atomic mass is 32.3. The van der Waals surface area contributed by atoms with Crippen LogP contribution >= 0.6 is 0 Å². The van der Waals surface area contributed by atoms with Crippen LogP contribution in [-0.2, 0) is 21.6 Å². The summed E-state index contributed by atoms with van der Waals surface area (Å²) in [6.45, 7) is 0. The van der Waals surface area contributed by atoms with Gasteiger partial charge in [0, 0.05) is 12.1 Å². The van der Waals surface area contributed by atoms with Gasteiger partial charge < -0.3 is 0 Å². The van der Waals surface area contributed by atoms with Gasteiger partial charge in [-0.05, 0) is 12.1 Å². The zero-order valence-corrected chi connectivity index (χ0v) is 12.4. The third-order valence-corrected chi connectivity index (χ3v) is 3.36. The molecule has 1 N–H and O–H groups in total. The van der Waals surface area contributed by atoms with Crippen molar-refractivity contribution in [3.63, 3.8) is 0 Å². The Labute approximate surface area is 122 Å². The highest BCUT2D eigenvalue weighted by molar-refractivity contribution is 7.80. The van der Waals surface area contributed by atoms with Crippen molar-refractivity contribution < 1.29 is 21.7 Å². The Kier molecular flexibility index (Phi) is 4.46. The number of aryl methyl sites for hydroxylation is 1. The standard InChI is InChI=1S/C13H11N2.CH4O4S/c1-15-12-8-4-2-6-10(12)14-11-7-3-5-9-13(11)15;1-5-6(2,3)4/h2-9H,1H3;1H3,(H,2,3,4)/q+1;. The zero-order valence-electron chi connectivity index (χ0n) is 11.6. The molecular formula is C14H15N2O4S+. The molecule has 0 aliphatic rings. The normalized spacial score (nSPS) is 11.2. The fourth-order valence-electron chi connectivity index (χ4n) is 1.94. The topological polar surface area (TPSA) is 80.4 Å². The molecule has 110 valence electrons. The summed E-state index contributed by atoms with van der Waals surface area (Å²) in [5, 5.41) is 0. The van der Waals surface area contributed by atoms with Crippen molar-refractivity contribution >= 4 is 32.5 Å². The third-order valence-electron chi connectivity index (χ3n) is 2.94. The summed E-state index contributed by atoms with van der Waals surface area (Å²) in [5.41, 5.74) is 4.41. The van der Waals surface area contributed by atoms with Gasteiger partial charge in [0.1, 0.15) is 18.1 Å². The summed E-state index contributed by atoms with van der Waals surface area (Å²) in [5.74, 6) is 0. The Balaban J connectivity index is 0.000000232. The Hall–Kier alpha value is -2.09. The second-order valence-corrected chi connectivity index (χ2v) is 5.43. The van der Waals surface area contributed by atoms with E-state index in [0.717, 1.165) is 29.2 Å². The molecule has 1 aromatic heterocycles. The molecule has 0 radical (unpaired) electrons. The molecule has 6 nitrogen and oxygen atoms in total. The second-order valence-electron chi connectivity index (χ2n) is 4.24. The van der Waals surface area contributed by atoms with Crippen LogP contribution in [0.1, 0.15) is 0 Å². The van der Waals surface area contributed by atoms with E-state index >= 15 is 0 Å². The highest BCUT2D eigenvalue weighted by Gasteiger charge is 2.10. The summed E-state index contributed by atoms with van der Waals surface area (Å²) in [4.78, 5) is 4.62. The van der Waals surface area contributed by atoms with Gasteiger partial charge in [-0.2, -0.15) is 13.0 Å². The van der Waals surface area contributed by atoms with Gasteiger partial charge in [-0.1, -0.05) is 24.3 Å². The predicted molar refractivity (Wildman–Crippen MR) is 79.0 cm³/mol. The molecule has 0 aliphatic carbocycles. The van der Waals surface area contributed by atoms with Gasteiger partial charge in [-0.25, -0.2) is 4.98 Å². The van der Waals surface area contributed by atoms with E-state index in [1.807, 2.05) is 36.4 Å². The Bertz CT molecular complexity index is 824. The summed E-state index contributed by atoms with van der Waals surface area (Å²) >= 11 is 0. The van der Waals surface area contributed by atoms with E-state index in [-0.39, 0.29) is 0 Å². The van der Waals surface area contributed by atoms with E-state index < -0.39 is 10.4 Å². The van der Waals surface area contributed by atoms with Gasteiger partial charge in [0.2, 0.25) is 11.0 Å². The number of hydrogen-bond acceptors (Lipinski definition) is 4. The highest BCUT2D eigenvalue weighted by Crippen LogP contribution is 2.12. The van der Waals surface area contributed by atoms with Crippen LogP contribution in [-0.4, -0.2) is 25.1 Å². The lowest BCUT2D eigenvalue weighted by Crippen LogP contribution is -2.30. The van der Waals surface area contributed by atoms with Crippen LogP contribution in [0.2, 0.25) is 0 Å². The second kappa shape index (κ2) is 6.13. The molecule has 2 aromatic carbocycles. The lowest BCUT2D eigenvalue weighted by molar-refractivity contribution is -0.617. The fraction of sp³-hybridized carbons (Fsp3) is 0.143. The number of aromatic nitrogens is 2. The average molecular weight is 307 g/mol. The first kappa shape index (κ1) is 15.3. The number of rotatable bonds is 1. The molecule has 3 aromatic rings. The summed E-state index contributed by atoms with van der Waals surface area (Å²) in [6.07, 6.45) is 0. The van der Waals surface area contributed by atoms with Crippen molar-refractivity contribution in [3.05, 3.63) is 48.5 Å². The van der Waals surface area contributed by atoms with Gasteiger partial charge in [-0.3, -0.25) is 8.74 Å². The van der Waals surface area contributed by atoms with E-state index in [0.29, 0.717) is 0 Å². The molecule has 0 aliphatic heterocycles. The van der Waals surface area contributed by atoms with E-state index in [1.54, 1.807) is 0 Å². The predicted octanol–water partition coefficient (Wildman–Crippen LogP) is 1.65. The molecule has 0 fully saturated rings. The van der Waals surface area contributed by atoms with Crippen LogP contribution in [0.25, 0.3) is 22.1 Å². The summed E-state index contributed by atoms with van der Waals surface area (Å²) < 4.78 is 31.9. The van der Waals surface area contributed by atoms with Gasteiger partial charge in [0.15, 0.2) is 0 Å². The maximum Gasteiger partial charge on any atom is 0.397 e. The van der Waals surface area contributed by atoms with Gasteiger partial charge in [0.25, 0.3) is 0 Å². The van der Waals surface area contributed by atoms with Crippen LogP contribution in [0.4, 0.5) is 0 Å². The van der Waals surface area contributed by atoms with E-state index in [9.17, 15) is 8.42 Å². The number of nitrogens with zero attached hydrogens (tertiary/aromatic N) is 2.